The van der Waals surface area contributed by atoms with Gasteiger partial charge in [-0.1, -0.05) is 6.07 Å². The lowest BCUT2D eigenvalue weighted by atomic mass is 9.97. The predicted octanol–water partition coefficient (Wildman–Crippen LogP) is 4.14. The van der Waals surface area contributed by atoms with Crippen LogP contribution in [0.3, 0.4) is 0 Å². The van der Waals surface area contributed by atoms with E-state index < -0.39 is 0 Å². The highest BCUT2D eigenvalue weighted by atomic mass is 32.1. The van der Waals surface area contributed by atoms with Crippen LogP contribution < -0.4 is 5.32 Å². The van der Waals surface area contributed by atoms with E-state index in [0.717, 1.165) is 22.8 Å². The number of anilines is 1. The van der Waals surface area contributed by atoms with Crippen LogP contribution in [0.1, 0.15) is 41.9 Å². The number of nitrogens with zero attached hydrogens (tertiary/aromatic N) is 3. The Morgan fingerprint density at radius 2 is 2.05 bits per heavy atom. The number of nitrogens with one attached hydrogen (secondary N) is 1. The van der Waals surface area contributed by atoms with Crippen LogP contribution in [0.4, 0.5) is 5.82 Å². The van der Waals surface area contributed by atoms with Gasteiger partial charge in [-0.3, -0.25) is 4.98 Å². The smallest absolute Gasteiger partial charge is 0.138 e. The zero-order valence-corrected chi connectivity index (χ0v) is 13.4. The fourth-order valence-corrected chi connectivity index (χ4v) is 4.34. The van der Waals surface area contributed by atoms with Crippen molar-refractivity contribution in [2.24, 2.45) is 0 Å². The highest BCUT2D eigenvalue weighted by molar-refractivity contribution is 7.19. The number of aromatic nitrogens is 3. The lowest BCUT2D eigenvalue weighted by Crippen LogP contribution is -2.10. The average molecular weight is 310 g/mol. The Labute approximate surface area is 133 Å². The van der Waals surface area contributed by atoms with Gasteiger partial charge in [-0.15, -0.1) is 11.3 Å². The Kier molecular flexibility index (Phi) is 3.50. The number of hydrogen-bond donors (Lipinski definition) is 1. The number of thiophene rings is 1. The fraction of sp³-hybridized carbons (Fsp3) is 0.353. The Balaban J connectivity index is 1.74. The highest BCUT2D eigenvalue weighted by Gasteiger charge is 2.20. The first kappa shape index (κ1) is 13.6. The molecule has 0 aliphatic heterocycles. The molecular formula is C17H18N4S. The van der Waals surface area contributed by atoms with Crippen molar-refractivity contribution in [3.8, 4) is 0 Å². The predicted molar refractivity (Wildman–Crippen MR) is 90.3 cm³/mol. The molecule has 4 nitrogen and oxygen atoms in total. The maximum absolute atomic E-state index is 4.51. The van der Waals surface area contributed by atoms with E-state index in [1.807, 2.05) is 35.7 Å². The molecule has 0 radical (unpaired) electrons. The SMILES string of the molecule is CC(Nc1ncnc2sc3c(c12)CCCC3)c1ccccn1. The van der Waals surface area contributed by atoms with Crippen molar-refractivity contribution >= 4 is 27.4 Å². The summed E-state index contributed by atoms with van der Waals surface area (Å²) in [6.45, 7) is 2.12. The van der Waals surface area contributed by atoms with Gasteiger partial charge in [0.05, 0.1) is 17.1 Å². The Morgan fingerprint density at radius 1 is 1.14 bits per heavy atom. The molecule has 22 heavy (non-hydrogen) atoms. The third-order valence-electron chi connectivity index (χ3n) is 4.24. The zero-order chi connectivity index (χ0) is 14.9. The first-order chi connectivity index (χ1) is 10.8. The van der Waals surface area contributed by atoms with Gasteiger partial charge in [0.15, 0.2) is 0 Å². The van der Waals surface area contributed by atoms with Crippen molar-refractivity contribution in [3.05, 3.63) is 46.9 Å². The Hall–Kier alpha value is -2.01. The molecule has 3 aromatic heterocycles. The number of pyridine rings is 1. The molecule has 1 atom stereocenters. The maximum atomic E-state index is 4.51. The molecule has 4 rings (SSSR count). The molecular weight excluding hydrogens is 292 g/mol. The van der Waals surface area contributed by atoms with Crippen molar-refractivity contribution in [1.29, 1.82) is 0 Å². The fourth-order valence-electron chi connectivity index (χ4n) is 3.11. The second-order valence-electron chi connectivity index (χ2n) is 5.73. The average Bonchev–Trinajstić information content (AvgIpc) is 2.95. The van der Waals surface area contributed by atoms with Gasteiger partial charge in [-0.25, -0.2) is 9.97 Å². The number of aryl methyl sites for hydroxylation is 2. The normalized spacial score (nSPS) is 15.5. The van der Waals surface area contributed by atoms with Gasteiger partial charge >= 0.3 is 0 Å². The number of fused-ring (bicyclic) bond motifs is 3. The van der Waals surface area contributed by atoms with Crippen molar-refractivity contribution < 1.29 is 0 Å². The topological polar surface area (TPSA) is 50.7 Å². The van der Waals surface area contributed by atoms with E-state index in [4.69, 9.17) is 0 Å². The summed E-state index contributed by atoms with van der Waals surface area (Å²) >= 11 is 1.83. The number of rotatable bonds is 3. The van der Waals surface area contributed by atoms with Crippen LogP contribution in [-0.4, -0.2) is 15.0 Å². The van der Waals surface area contributed by atoms with Crippen LogP contribution >= 0.6 is 11.3 Å². The van der Waals surface area contributed by atoms with E-state index in [1.54, 1.807) is 6.33 Å². The highest BCUT2D eigenvalue weighted by Crippen LogP contribution is 2.38. The minimum absolute atomic E-state index is 0.124. The molecule has 0 saturated heterocycles. The van der Waals surface area contributed by atoms with E-state index in [2.05, 4.69) is 27.2 Å². The van der Waals surface area contributed by atoms with Gasteiger partial charge in [0, 0.05) is 11.1 Å². The van der Waals surface area contributed by atoms with Crippen molar-refractivity contribution in [2.45, 2.75) is 38.6 Å². The summed E-state index contributed by atoms with van der Waals surface area (Å²) in [5, 5.41) is 4.76. The first-order valence-electron chi connectivity index (χ1n) is 7.75. The monoisotopic (exact) mass is 310 g/mol. The van der Waals surface area contributed by atoms with Crippen molar-refractivity contribution in [2.75, 3.05) is 5.32 Å². The van der Waals surface area contributed by atoms with E-state index in [-0.39, 0.29) is 6.04 Å². The summed E-state index contributed by atoms with van der Waals surface area (Å²) in [4.78, 5) is 16.0. The molecule has 0 fully saturated rings. The summed E-state index contributed by atoms with van der Waals surface area (Å²) < 4.78 is 0. The molecule has 0 aromatic carbocycles. The van der Waals surface area contributed by atoms with E-state index >= 15 is 0 Å². The lowest BCUT2D eigenvalue weighted by molar-refractivity contribution is 0.700. The van der Waals surface area contributed by atoms with Crippen LogP contribution in [0.15, 0.2) is 30.7 Å². The third-order valence-corrected chi connectivity index (χ3v) is 5.44. The van der Waals surface area contributed by atoms with Crippen LogP contribution in [0.25, 0.3) is 10.2 Å². The molecule has 1 N–H and O–H groups in total. The standard InChI is InChI=1S/C17H18N4S/c1-11(13-7-4-5-9-18-13)21-16-15-12-6-2-3-8-14(12)22-17(15)20-10-19-16/h4-5,7,9-11H,2-3,6,8H2,1H3,(H,19,20,21). The van der Waals surface area contributed by atoms with Crippen LogP contribution in [-0.2, 0) is 12.8 Å². The first-order valence-corrected chi connectivity index (χ1v) is 8.57. The molecule has 5 heteroatoms. The molecule has 3 heterocycles. The van der Waals surface area contributed by atoms with Crippen LogP contribution in [0.5, 0.6) is 0 Å². The van der Waals surface area contributed by atoms with Gasteiger partial charge in [0.1, 0.15) is 17.0 Å². The van der Waals surface area contributed by atoms with Crippen molar-refractivity contribution in [1.82, 2.24) is 15.0 Å². The Morgan fingerprint density at radius 3 is 2.91 bits per heavy atom. The third kappa shape index (κ3) is 2.35. The summed E-state index contributed by atoms with van der Waals surface area (Å²) in [5.74, 6) is 0.947. The molecule has 0 bridgehead atoms. The molecule has 0 spiro atoms. The van der Waals surface area contributed by atoms with Crippen LogP contribution in [0.2, 0.25) is 0 Å². The maximum Gasteiger partial charge on any atom is 0.138 e. The molecule has 3 aromatic rings. The minimum Gasteiger partial charge on any atom is -0.361 e. The molecule has 1 aliphatic carbocycles. The summed E-state index contributed by atoms with van der Waals surface area (Å²) in [7, 11) is 0. The second kappa shape index (κ2) is 5.65. The molecule has 1 unspecified atom stereocenters. The molecule has 112 valence electrons. The molecule has 0 amide bonds. The largest absolute Gasteiger partial charge is 0.361 e. The summed E-state index contributed by atoms with van der Waals surface area (Å²) in [5.41, 5.74) is 2.49. The van der Waals surface area contributed by atoms with Gasteiger partial charge in [0.2, 0.25) is 0 Å². The van der Waals surface area contributed by atoms with Crippen LogP contribution in [0, 0.1) is 0 Å². The summed E-state index contributed by atoms with van der Waals surface area (Å²) in [6.07, 6.45) is 8.39. The van der Waals surface area contributed by atoms with Gasteiger partial charge in [-0.05, 0) is 50.3 Å². The van der Waals surface area contributed by atoms with Gasteiger partial charge in [0.25, 0.3) is 0 Å². The van der Waals surface area contributed by atoms with Gasteiger partial charge in [-0.2, -0.15) is 0 Å². The van der Waals surface area contributed by atoms with Gasteiger partial charge < -0.3 is 5.32 Å². The molecule has 1 aliphatic rings. The van der Waals surface area contributed by atoms with E-state index in [0.29, 0.717) is 0 Å². The molecule has 0 saturated carbocycles. The minimum atomic E-state index is 0.124. The number of hydrogen-bond acceptors (Lipinski definition) is 5. The van der Waals surface area contributed by atoms with E-state index in [1.165, 1.54) is 35.1 Å². The zero-order valence-electron chi connectivity index (χ0n) is 12.5. The Bertz CT molecular complexity index is 797. The van der Waals surface area contributed by atoms with E-state index in [9.17, 15) is 0 Å². The summed E-state index contributed by atoms with van der Waals surface area (Å²) in [6, 6.07) is 6.12. The van der Waals surface area contributed by atoms with Crippen molar-refractivity contribution in [3.63, 3.8) is 0 Å². The quantitative estimate of drug-likeness (QED) is 0.790. The lowest BCUT2D eigenvalue weighted by Gasteiger charge is -2.16. The second-order valence-corrected chi connectivity index (χ2v) is 6.82.